The molecule has 1 rings (SSSR count). The van der Waals surface area contributed by atoms with Gasteiger partial charge in [-0.3, -0.25) is 0 Å². The van der Waals surface area contributed by atoms with E-state index in [1.165, 1.54) is 19.2 Å². The first-order valence-corrected chi connectivity index (χ1v) is 5.49. The number of hydrogen-bond donors (Lipinski definition) is 1. The van der Waals surface area contributed by atoms with E-state index in [0.29, 0.717) is 5.75 Å². The van der Waals surface area contributed by atoms with Gasteiger partial charge in [-0.15, -0.1) is 0 Å². The van der Waals surface area contributed by atoms with Gasteiger partial charge in [0, 0.05) is 11.6 Å². The van der Waals surface area contributed by atoms with Gasteiger partial charge in [-0.1, -0.05) is 0 Å². The molecule has 0 heterocycles. The summed E-state index contributed by atoms with van der Waals surface area (Å²) in [6, 6.07) is 4.36. The van der Waals surface area contributed by atoms with E-state index in [2.05, 4.69) is 0 Å². The van der Waals surface area contributed by atoms with Crippen LogP contribution in [0.1, 0.15) is 32.4 Å². The van der Waals surface area contributed by atoms with Crippen LogP contribution in [0.15, 0.2) is 18.2 Å². The van der Waals surface area contributed by atoms with Crippen molar-refractivity contribution in [1.82, 2.24) is 0 Å². The van der Waals surface area contributed by atoms with Gasteiger partial charge in [-0.25, -0.2) is 4.39 Å². The van der Waals surface area contributed by atoms with E-state index < -0.39 is 11.9 Å². The summed E-state index contributed by atoms with van der Waals surface area (Å²) in [6.07, 6.45) is -0.972. The van der Waals surface area contributed by atoms with Crippen molar-refractivity contribution in [1.29, 1.82) is 0 Å². The fraction of sp³-hybridized carbons (Fsp3) is 0.538. The molecule has 1 atom stereocenters. The molecular weight excluding hydrogens is 223 g/mol. The Bertz CT molecular complexity index is 371. The minimum absolute atomic E-state index is 0.0623. The van der Waals surface area contributed by atoms with Crippen LogP contribution < -0.4 is 4.74 Å². The molecule has 0 fully saturated rings. The maximum Gasteiger partial charge on any atom is 0.132 e. The van der Waals surface area contributed by atoms with Gasteiger partial charge >= 0.3 is 0 Å². The Morgan fingerprint density at radius 3 is 2.47 bits per heavy atom. The highest BCUT2D eigenvalue weighted by Crippen LogP contribution is 2.23. The van der Waals surface area contributed by atoms with Crippen LogP contribution in [0.3, 0.4) is 0 Å². The molecule has 1 unspecified atom stereocenters. The fourth-order valence-electron chi connectivity index (χ4n) is 1.32. The zero-order chi connectivity index (χ0) is 13.1. The number of aliphatic hydroxyl groups is 1. The Kier molecular flexibility index (Phi) is 4.48. The second-order valence-corrected chi connectivity index (χ2v) is 4.83. The van der Waals surface area contributed by atoms with Crippen molar-refractivity contribution in [2.75, 3.05) is 13.7 Å². The van der Waals surface area contributed by atoms with Gasteiger partial charge in [-0.2, -0.15) is 0 Å². The Hall–Kier alpha value is -1.13. The highest BCUT2D eigenvalue weighted by Gasteiger charge is 2.17. The molecule has 1 aromatic rings. The van der Waals surface area contributed by atoms with Crippen molar-refractivity contribution in [2.24, 2.45) is 0 Å². The molecular formula is C13H19FO3. The maximum absolute atomic E-state index is 13.6. The van der Waals surface area contributed by atoms with Gasteiger partial charge < -0.3 is 14.6 Å². The minimum atomic E-state index is -0.972. The van der Waals surface area contributed by atoms with E-state index in [1.807, 2.05) is 20.8 Å². The predicted octanol–water partition coefficient (Wildman–Crippen LogP) is 2.68. The van der Waals surface area contributed by atoms with E-state index >= 15 is 0 Å². The minimum Gasteiger partial charge on any atom is -0.497 e. The molecule has 0 saturated carbocycles. The van der Waals surface area contributed by atoms with Crippen molar-refractivity contribution in [3.63, 3.8) is 0 Å². The lowest BCUT2D eigenvalue weighted by atomic mass is 10.1. The molecule has 1 N–H and O–H groups in total. The molecule has 0 radical (unpaired) electrons. The number of methoxy groups -OCH3 is 1. The molecule has 3 nitrogen and oxygen atoms in total. The lowest BCUT2D eigenvalue weighted by Crippen LogP contribution is -2.23. The van der Waals surface area contributed by atoms with Gasteiger partial charge in [0.15, 0.2) is 0 Å². The van der Waals surface area contributed by atoms with E-state index in [-0.39, 0.29) is 17.8 Å². The maximum atomic E-state index is 13.6. The lowest BCUT2D eigenvalue weighted by molar-refractivity contribution is -0.0504. The number of ether oxygens (including phenoxy) is 2. The second kappa shape index (κ2) is 5.47. The van der Waals surface area contributed by atoms with E-state index in [1.54, 1.807) is 6.07 Å². The van der Waals surface area contributed by atoms with Crippen molar-refractivity contribution >= 4 is 0 Å². The summed E-state index contributed by atoms with van der Waals surface area (Å²) in [5, 5.41) is 9.82. The molecule has 1 aromatic carbocycles. The third-order valence-electron chi connectivity index (χ3n) is 2.24. The third-order valence-corrected chi connectivity index (χ3v) is 2.24. The van der Waals surface area contributed by atoms with Gasteiger partial charge in [0.25, 0.3) is 0 Å². The van der Waals surface area contributed by atoms with Crippen LogP contribution >= 0.6 is 0 Å². The molecule has 0 spiro atoms. The molecule has 96 valence electrons. The third kappa shape index (κ3) is 4.32. The van der Waals surface area contributed by atoms with Crippen LogP contribution in [0.5, 0.6) is 5.75 Å². The van der Waals surface area contributed by atoms with Gasteiger partial charge in [-0.05, 0) is 32.9 Å². The van der Waals surface area contributed by atoms with E-state index in [9.17, 15) is 9.50 Å². The van der Waals surface area contributed by atoms with Crippen molar-refractivity contribution < 1.29 is 19.0 Å². The summed E-state index contributed by atoms with van der Waals surface area (Å²) in [7, 11) is 1.47. The van der Waals surface area contributed by atoms with Crippen LogP contribution in [0, 0.1) is 5.82 Å². The lowest BCUT2D eigenvalue weighted by Gasteiger charge is -2.22. The molecule has 0 saturated heterocycles. The number of aliphatic hydroxyl groups excluding tert-OH is 1. The molecule has 0 amide bonds. The molecule has 0 aromatic heterocycles. The standard InChI is InChI=1S/C13H19FO3/c1-13(2,3)17-8-12(15)10-6-5-9(16-4)7-11(10)14/h5-7,12,15H,8H2,1-4H3. The Balaban J connectivity index is 2.72. The zero-order valence-corrected chi connectivity index (χ0v) is 10.7. The number of halogens is 1. The average molecular weight is 242 g/mol. The first-order chi connectivity index (χ1) is 7.83. The summed E-state index contributed by atoms with van der Waals surface area (Å²) in [5.74, 6) is -0.0652. The normalized spacial score (nSPS) is 13.5. The average Bonchev–Trinajstić information content (AvgIpc) is 2.24. The summed E-state index contributed by atoms with van der Waals surface area (Å²) < 4.78 is 23.9. The first-order valence-electron chi connectivity index (χ1n) is 5.49. The van der Waals surface area contributed by atoms with Crippen LogP contribution in [0.2, 0.25) is 0 Å². The van der Waals surface area contributed by atoms with Crippen molar-refractivity contribution in [3.05, 3.63) is 29.6 Å². The fourth-order valence-corrected chi connectivity index (χ4v) is 1.32. The molecule has 17 heavy (non-hydrogen) atoms. The van der Waals surface area contributed by atoms with Crippen molar-refractivity contribution in [2.45, 2.75) is 32.5 Å². The summed E-state index contributed by atoms with van der Waals surface area (Å²) in [4.78, 5) is 0. The summed E-state index contributed by atoms with van der Waals surface area (Å²) in [5.41, 5.74) is -0.140. The van der Waals surface area contributed by atoms with E-state index in [0.717, 1.165) is 0 Å². The Morgan fingerprint density at radius 1 is 1.35 bits per heavy atom. The highest BCUT2D eigenvalue weighted by molar-refractivity contribution is 5.30. The highest BCUT2D eigenvalue weighted by atomic mass is 19.1. The van der Waals surface area contributed by atoms with Crippen LogP contribution in [-0.4, -0.2) is 24.4 Å². The molecule has 0 aliphatic rings. The quantitative estimate of drug-likeness (QED) is 0.882. The van der Waals surface area contributed by atoms with Gasteiger partial charge in [0.1, 0.15) is 17.7 Å². The zero-order valence-electron chi connectivity index (χ0n) is 10.7. The largest absolute Gasteiger partial charge is 0.497 e. The van der Waals surface area contributed by atoms with Crippen molar-refractivity contribution in [3.8, 4) is 5.75 Å². The molecule has 0 bridgehead atoms. The smallest absolute Gasteiger partial charge is 0.132 e. The number of benzene rings is 1. The SMILES string of the molecule is COc1ccc(C(O)COC(C)(C)C)c(F)c1. The van der Waals surface area contributed by atoms with Gasteiger partial charge in [0.05, 0.1) is 19.3 Å². The van der Waals surface area contributed by atoms with E-state index in [4.69, 9.17) is 9.47 Å². The molecule has 0 aliphatic carbocycles. The molecule has 4 heteroatoms. The second-order valence-electron chi connectivity index (χ2n) is 4.83. The topological polar surface area (TPSA) is 38.7 Å². The predicted molar refractivity (Wildman–Crippen MR) is 63.6 cm³/mol. The Labute approximate surface area is 101 Å². The molecule has 0 aliphatic heterocycles. The summed E-state index contributed by atoms with van der Waals surface area (Å²) in [6.45, 7) is 5.70. The van der Waals surface area contributed by atoms with Crippen LogP contribution in [-0.2, 0) is 4.74 Å². The number of hydrogen-bond acceptors (Lipinski definition) is 3. The number of rotatable bonds is 4. The first kappa shape index (κ1) is 13.9. The van der Waals surface area contributed by atoms with Crippen LogP contribution in [0.4, 0.5) is 4.39 Å². The van der Waals surface area contributed by atoms with Gasteiger partial charge in [0.2, 0.25) is 0 Å². The monoisotopic (exact) mass is 242 g/mol. The summed E-state index contributed by atoms with van der Waals surface area (Å²) >= 11 is 0. The Morgan fingerprint density at radius 2 is 2.00 bits per heavy atom. The van der Waals surface area contributed by atoms with Crippen LogP contribution in [0.25, 0.3) is 0 Å².